The number of ether oxygens (including phenoxy) is 3. The molecule has 0 heterocycles. The van der Waals surface area contributed by atoms with Gasteiger partial charge < -0.3 is 27.5 Å². The summed E-state index contributed by atoms with van der Waals surface area (Å²) in [6.45, 7) is 17.8. The van der Waals surface area contributed by atoms with E-state index in [4.69, 9.17) is 27.5 Å². The molecule has 0 N–H and O–H groups in total. The van der Waals surface area contributed by atoms with Gasteiger partial charge in [0.2, 0.25) is 0 Å². The normalized spacial score (nSPS) is 17.3. The van der Waals surface area contributed by atoms with Gasteiger partial charge in [0.05, 0.1) is 0 Å². The van der Waals surface area contributed by atoms with E-state index in [-0.39, 0.29) is 0 Å². The third-order valence-electron chi connectivity index (χ3n) is 3.77. The first-order valence-corrected chi connectivity index (χ1v) is 12.4. The van der Waals surface area contributed by atoms with E-state index in [2.05, 4.69) is 27.4 Å². The molecule has 0 radical (unpaired) electrons. The zero-order chi connectivity index (χ0) is 20.5. The van der Waals surface area contributed by atoms with Crippen molar-refractivity contribution < 1.29 is 27.5 Å². The Morgan fingerprint density at radius 3 is 1.11 bits per heavy atom. The van der Waals surface area contributed by atoms with Crippen molar-refractivity contribution in [3.63, 3.8) is 0 Å². The molecule has 0 saturated carbocycles. The topological polar surface area (TPSA) is 55.4 Å². The van der Waals surface area contributed by atoms with E-state index < -0.39 is 27.7 Å². The summed E-state index contributed by atoms with van der Waals surface area (Å²) in [7, 11) is -3.29. The standard InChI is InChI=1S/C20H42O6Si/c1-8-15-18(21-11-4)24-27(14-7,25-19(16-9-2)22-12-5)26-20(17-10-3)23-13-6/h14,18-20H,7-13,15-17H2,1-6H3. The van der Waals surface area contributed by atoms with Gasteiger partial charge in [-0.2, -0.15) is 0 Å². The fourth-order valence-electron chi connectivity index (χ4n) is 2.57. The fraction of sp³-hybridized carbons (Fsp3) is 0.900. The maximum Gasteiger partial charge on any atom is 0.534 e. The fourth-order valence-corrected chi connectivity index (χ4v) is 4.68. The highest BCUT2D eigenvalue weighted by atomic mass is 28.4. The predicted octanol–water partition coefficient (Wildman–Crippen LogP) is 5.19. The average Bonchev–Trinajstić information content (AvgIpc) is 2.63. The zero-order valence-electron chi connectivity index (χ0n) is 18.3. The van der Waals surface area contributed by atoms with Crippen molar-refractivity contribution in [3.8, 4) is 0 Å². The summed E-state index contributed by atoms with van der Waals surface area (Å²) in [4.78, 5) is 0. The Labute approximate surface area is 167 Å². The highest BCUT2D eigenvalue weighted by Crippen LogP contribution is 2.24. The molecule has 3 unspecified atom stereocenters. The van der Waals surface area contributed by atoms with E-state index in [9.17, 15) is 0 Å². The molecule has 27 heavy (non-hydrogen) atoms. The van der Waals surface area contributed by atoms with Gasteiger partial charge in [0.15, 0.2) is 18.9 Å². The first-order chi connectivity index (χ1) is 13.0. The molecule has 0 aromatic rings. The molecule has 0 fully saturated rings. The lowest BCUT2D eigenvalue weighted by Crippen LogP contribution is -2.52. The highest BCUT2D eigenvalue weighted by Gasteiger charge is 2.45. The van der Waals surface area contributed by atoms with Crippen molar-refractivity contribution in [2.45, 2.75) is 98.9 Å². The Bertz CT molecular complexity index is 292. The smallest absolute Gasteiger partial charge is 0.354 e. The first kappa shape index (κ1) is 26.7. The van der Waals surface area contributed by atoms with E-state index in [1.165, 1.54) is 0 Å². The van der Waals surface area contributed by atoms with Crippen molar-refractivity contribution in [3.05, 3.63) is 12.3 Å². The van der Waals surface area contributed by atoms with Crippen LogP contribution >= 0.6 is 0 Å². The van der Waals surface area contributed by atoms with E-state index in [1.54, 1.807) is 5.70 Å². The molecule has 0 aromatic heterocycles. The van der Waals surface area contributed by atoms with E-state index in [0.717, 1.165) is 38.5 Å². The van der Waals surface area contributed by atoms with E-state index in [1.807, 2.05) is 20.8 Å². The first-order valence-electron chi connectivity index (χ1n) is 10.6. The third kappa shape index (κ3) is 11.3. The second-order valence-corrected chi connectivity index (χ2v) is 8.50. The summed E-state index contributed by atoms with van der Waals surface area (Å²) in [5, 5.41) is 0. The van der Waals surface area contributed by atoms with Crippen LogP contribution in [0.1, 0.15) is 80.1 Å². The molecular weight excluding hydrogens is 364 g/mol. The van der Waals surface area contributed by atoms with Crippen LogP contribution in [0.25, 0.3) is 0 Å². The van der Waals surface area contributed by atoms with Crippen LogP contribution in [0, 0.1) is 0 Å². The Balaban J connectivity index is 5.56. The second kappa shape index (κ2) is 16.7. The number of rotatable bonds is 19. The molecule has 6 nitrogen and oxygen atoms in total. The molecule has 0 rings (SSSR count). The molecule has 7 heteroatoms. The van der Waals surface area contributed by atoms with Crippen LogP contribution in [0.3, 0.4) is 0 Å². The Morgan fingerprint density at radius 1 is 0.630 bits per heavy atom. The molecule has 0 saturated heterocycles. The van der Waals surface area contributed by atoms with Gasteiger partial charge in [0.1, 0.15) is 0 Å². The van der Waals surface area contributed by atoms with Crippen LogP contribution in [-0.4, -0.2) is 47.5 Å². The number of hydrogen-bond donors (Lipinski definition) is 0. The Kier molecular flexibility index (Phi) is 16.5. The third-order valence-corrected chi connectivity index (χ3v) is 6.04. The summed E-state index contributed by atoms with van der Waals surface area (Å²) in [5.74, 6) is 0. The van der Waals surface area contributed by atoms with Gasteiger partial charge in [-0.05, 0) is 45.7 Å². The summed E-state index contributed by atoms with van der Waals surface area (Å²) in [5.41, 5.74) is 1.66. The van der Waals surface area contributed by atoms with E-state index in [0.29, 0.717) is 19.8 Å². The quantitative estimate of drug-likeness (QED) is 0.217. The maximum atomic E-state index is 6.31. The molecule has 0 aliphatic carbocycles. The van der Waals surface area contributed by atoms with Crippen molar-refractivity contribution in [2.24, 2.45) is 0 Å². The molecule has 0 aliphatic rings. The summed E-state index contributed by atoms with van der Waals surface area (Å²) in [6, 6.07) is 0. The minimum Gasteiger partial charge on any atom is -0.354 e. The lowest BCUT2D eigenvalue weighted by molar-refractivity contribution is -0.186. The lowest BCUT2D eigenvalue weighted by atomic mass is 10.3. The molecule has 3 atom stereocenters. The van der Waals surface area contributed by atoms with Crippen LogP contribution in [-0.2, 0) is 27.5 Å². The Hall–Kier alpha value is -0.283. The highest BCUT2D eigenvalue weighted by molar-refractivity contribution is 6.66. The molecule has 0 amide bonds. The molecule has 0 aliphatic heterocycles. The van der Waals surface area contributed by atoms with Gasteiger partial charge in [0, 0.05) is 19.8 Å². The van der Waals surface area contributed by atoms with Crippen LogP contribution in [0.2, 0.25) is 0 Å². The van der Waals surface area contributed by atoms with Gasteiger partial charge in [-0.15, -0.1) is 0 Å². The van der Waals surface area contributed by atoms with Gasteiger partial charge >= 0.3 is 8.80 Å². The van der Waals surface area contributed by atoms with Crippen molar-refractivity contribution in [1.82, 2.24) is 0 Å². The molecular formula is C20H42O6Si. The lowest BCUT2D eigenvalue weighted by Gasteiger charge is -2.36. The van der Waals surface area contributed by atoms with Gasteiger partial charge in [-0.3, -0.25) is 0 Å². The molecule has 0 spiro atoms. The zero-order valence-corrected chi connectivity index (χ0v) is 19.3. The molecule has 0 bridgehead atoms. The SMILES string of the molecule is C=C[Si](OC(CCC)OCC)(OC(CCC)OCC)OC(CCC)OCC. The monoisotopic (exact) mass is 406 g/mol. The number of hydrogen-bond acceptors (Lipinski definition) is 6. The van der Waals surface area contributed by atoms with Gasteiger partial charge in [0.25, 0.3) is 0 Å². The molecule has 0 aromatic carbocycles. The van der Waals surface area contributed by atoms with Crippen LogP contribution in [0.4, 0.5) is 0 Å². The van der Waals surface area contributed by atoms with Crippen molar-refractivity contribution >= 4 is 8.80 Å². The summed E-state index contributed by atoms with van der Waals surface area (Å²) in [6.07, 6.45) is 3.84. The second-order valence-electron chi connectivity index (χ2n) is 6.18. The van der Waals surface area contributed by atoms with Crippen LogP contribution in [0.15, 0.2) is 12.3 Å². The van der Waals surface area contributed by atoms with Crippen LogP contribution < -0.4 is 0 Å². The summed E-state index contributed by atoms with van der Waals surface area (Å²) >= 11 is 0. The predicted molar refractivity (Wildman–Crippen MR) is 110 cm³/mol. The van der Waals surface area contributed by atoms with Crippen molar-refractivity contribution in [2.75, 3.05) is 19.8 Å². The minimum absolute atomic E-state index is 0.405. The van der Waals surface area contributed by atoms with Gasteiger partial charge in [-0.25, -0.2) is 0 Å². The Morgan fingerprint density at radius 2 is 0.926 bits per heavy atom. The van der Waals surface area contributed by atoms with Crippen molar-refractivity contribution in [1.29, 1.82) is 0 Å². The molecule has 162 valence electrons. The van der Waals surface area contributed by atoms with Crippen LogP contribution in [0.5, 0.6) is 0 Å². The summed E-state index contributed by atoms with van der Waals surface area (Å²) < 4.78 is 36.2. The largest absolute Gasteiger partial charge is 0.534 e. The minimum atomic E-state index is -3.29. The average molecular weight is 407 g/mol. The van der Waals surface area contributed by atoms with E-state index >= 15 is 0 Å². The van der Waals surface area contributed by atoms with Gasteiger partial charge in [-0.1, -0.05) is 46.6 Å². The maximum absolute atomic E-state index is 6.31.